The Morgan fingerprint density at radius 2 is 1.87 bits per heavy atom. The third kappa shape index (κ3) is 2.93. The largest absolute Gasteiger partial charge is 0.508 e. The van der Waals surface area contributed by atoms with Gasteiger partial charge in [0.15, 0.2) is 0 Å². The summed E-state index contributed by atoms with van der Waals surface area (Å²) in [6.45, 7) is 3.83. The standard InChI is InChI=1S/C19H18O4/c1-3-4-13-5-7-14(8-6-13)23-17-11-22-19-12(2)16(20)10-9-15(19)18(17)21/h5-11,20H,3-4H2,1-2H3. The quantitative estimate of drug-likeness (QED) is 0.768. The molecule has 0 aliphatic carbocycles. The van der Waals surface area contributed by atoms with Crippen LogP contribution in [0.15, 0.2) is 51.9 Å². The maximum atomic E-state index is 12.5. The van der Waals surface area contributed by atoms with E-state index in [1.807, 2.05) is 24.3 Å². The van der Waals surface area contributed by atoms with Crippen molar-refractivity contribution in [3.63, 3.8) is 0 Å². The molecule has 0 saturated carbocycles. The smallest absolute Gasteiger partial charge is 0.235 e. The highest BCUT2D eigenvalue weighted by Crippen LogP contribution is 2.27. The van der Waals surface area contributed by atoms with Crippen LogP contribution >= 0.6 is 0 Å². The van der Waals surface area contributed by atoms with Gasteiger partial charge in [-0.25, -0.2) is 0 Å². The fourth-order valence-corrected chi connectivity index (χ4v) is 2.52. The summed E-state index contributed by atoms with van der Waals surface area (Å²) >= 11 is 0. The van der Waals surface area contributed by atoms with Crippen LogP contribution in [0, 0.1) is 6.92 Å². The van der Waals surface area contributed by atoms with E-state index in [0.29, 0.717) is 22.3 Å². The molecule has 0 bridgehead atoms. The van der Waals surface area contributed by atoms with E-state index in [-0.39, 0.29) is 16.9 Å². The first kappa shape index (κ1) is 15.2. The zero-order valence-electron chi connectivity index (χ0n) is 13.1. The lowest BCUT2D eigenvalue weighted by Crippen LogP contribution is -2.05. The normalized spacial score (nSPS) is 10.9. The minimum Gasteiger partial charge on any atom is -0.508 e. The second kappa shape index (κ2) is 6.16. The van der Waals surface area contributed by atoms with Crippen LogP contribution in [0.4, 0.5) is 0 Å². The Bertz CT molecular complexity index is 892. The number of fused-ring (bicyclic) bond motifs is 1. The van der Waals surface area contributed by atoms with Crippen LogP contribution in [0.5, 0.6) is 17.2 Å². The van der Waals surface area contributed by atoms with Crippen molar-refractivity contribution in [3.8, 4) is 17.2 Å². The summed E-state index contributed by atoms with van der Waals surface area (Å²) in [5.74, 6) is 0.818. The van der Waals surface area contributed by atoms with Crippen LogP contribution < -0.4 is 10.2 Å². The Morgan fingerprint density at radius 3 is 2.57 bits per heavy atom. The van der Waals surface area contributed by atoms with E-state index in [9.17, 15) is 9.90 Å². The van der Waals surface area contributed by atoms with E-state index in [4.69, 9.17) is 9.15 Å². The fourth-order valence-electron chi connectivity index (χ4n) is 2.52. The van der Waals surface area contributed by atoms with E-state index >= 15 is 0 Å². The molecule has 2 aromatic carbocycles. The molecule has 0 spiro atoms. The SMILES string of the molecule is CCCc1ccc(Oc2coc3c(C)c(O)ccc3c2=O)cc1. The third-order valence-electron chi connectivity index (χ3n) is 3.82. The minimum absolute atomic E-state index is 0.0980. The molecule has 0 radical (unpaired) electrons. The Labute approximate surface area is 134 Å². The molecule has 0 unspecified atom stereocenters. The lowest BCUT2D eigenvalue weighted by molar-refractivity contribution is 0.447. The van der Waals surface area contributed by atoms with Gasteiger partial charge in [-0.1, -0.05) is 25.5 Å². The van der Waals surface area contributed by atoms with Crippen molar-refractivity contribution >= 4 is 11.0 Å². The van der Waals surface area contributed by atoms with Gasteiger partial charge in [-0.3, -0.25) is 4.79 Å². The molecule has 118 valence electrons. The topological polar surface area (TPSA) is 59.7 Å². The van der Waals surface area contributed by atoms with E-state index in [1.165, 1.54) is 17.9 Å². The molecule has 4 nitrogen and oxygen atoms in total. The van der Waals surface area contributed by atoms with Crippen molar-refractivity contribution in [2.45, 2.75) is 26.7 Å². The van der Waals surface area contributed by atoms with Crippen molar-refractivity contribution in [2.24, 2.45) is 0 Å². The maximum absolute atomic E-state index is 12.5. The Balaban J connectivity index is 1.96. The molecule has 1 N–H and O–H groups in total. The van der Waals surface area contributed by atoms with Gasteiger partial charge in [0.1, 0.15) is 23.3 Å². The Kier molecular flexibility index (Phi) is 4.06. The molecule has 23 heavy (non-hydrogen) atoms. The third-order valence-corrected chi connectivity index (χ3v) is 3.82. The molecule has 3 aromatic rings. The molecule has 0 aliphatic heterocycles. The molecular formula is C19H18O4. The highest BCUT2D eigenvalue weighted by atomic mass is 16.5. The number of aryl methyl sites for hydroxylation is 2. The monoisotopic (exact) mass is 310 g/mol. The summed E-state index contributed by atoms with van der Waals surface area (Å²) in [6.07, 6.45) is 3.39. The number of phenolic OH excluding ortho intramolecular Hbond substituents is 1. The fraction of sp³-hybridized carbons (Fsp3) is 0.211. The second-order valence-corrected chi connectivity index (χ2v) is 5.51. The van der Waals surface area contributed by atoms with E-state index in [0.717, 1.165) is 12.8 Å². The zero-order valence-corrected chi connectivity index (χ0v) is 13.1. The summed E-state index contributed by atoms with van der Waals surface area (Å²) < 4.78 is 11.1. The van der Waals surface area contributed by atoms with Gasteiger partial charge in [-0.2, -0.15) is 0 Å². The number of rotatable bonds is 4. The molecular weight excluding hydrogens is 292 g/mol. The van der Waals surface area contributed by atoms with E-state index < -0.39 is 0 Å². The Hall–Kier alpha value is -2.75. The highest BCUT2D eigenvalue weighted by molar-refractivity contribution is 5.82. The average molecular weight is 310 g/mol. The van der Waals surface area contributed by atoms with Crippen LogP contribution in [0.1, 0.15) is 24.5 Å². The lowest BCUT2D eigenvalue weighted by atomic mass is 10.1. The van der Waals surface area contributed by atoms with Crippen molar-refractivity contribution in [1.29, 1.82) is 0 Å². The van der Waals surface area contributed by atoms with Gasteiger partial charge >= 0.3 is 0 Å². The van der Waals surface area contributed by atoms with Gasteiger partial charge in [-0.15, -0.1) is 0 Å². The molecule has 0 fully saturated rings. The molecule has 3 rings (SSSR count). The summed E-state index contributed by atoms with van der Waals surface area (Å²) in [5.41, 5.74) is 1.89. The summed E-state index contributed by atoms with van der Waals surface area (Å²) in [7, 11) is 0. The van der Waals surface area contributed by atoms with Crippen molar-refractivity contribution < 1.29 is 14.3 Å². The number of ether oxygens (including phenoxy) is 1. The van der Waals surface area contributed by atoms with Crippen LogP contribution in [0.2, 0.25) is 0 Å². The molecule has 0 atom stereocenters. The molecule has 1 aromatic heterocycles. The second-order valence-electron chi connectivity index (χ2n) is 5.51. The number of hydrogen-bond donors (Lipinski definition) is 1. The first-order valence-electron chi connectivity index (χ1n) is 7.61. The van der Waals surface area contributed by atoms with Gasteiger partial charge in [0.25, 0.3) is 0 Å². The molecule has 1 heterocycles. The highest BCUT2D eigenvalue weighted by Gasteiger charge is 2.12. The maximum Gasteiger partial charge on any atom is 0.235 e. The van der Waals surface area contributed by atoms with Crippen molar-refractivity contribution in [2.75, 3.05) is 0 Å². The van der Waals surface area contributed by atoms with Crippen LogP contribution in [-0.2, 0) is 6.42 Å². The summed E-state index contributed by atoms with van der Waals surface area (Å²) in [6, 6.07) is 10.7. The molecule has 0 amide bonds. The first-order valence-corrected chi connectivity index (χ1v) is 7.61. The van der Waals surface area contributed by atoms with E-state index in [2.05, 4.69) is 6.92 Å². The first-order chi connectivity index (χ1) is 11.1. The lowest BCUT2D eigenvalue weighted by Gasteiger charge is -2.08. The minimum atomic E-state index is -0.257. The number of benzene rings is 2. The summed E-state index contributed by atoms with van der Waals surface area (Å²) in [5, 5.41) is 10.1. The number of hydrogen-bond acceptors (Lipinski definition) is 4. The Morgan fingerprint density at radius 1 is 1.13 bits per heavy atom. The number of phenols is 1. The van der Waals surface area contributed by atoms with E-state index in [1.54, 1.807) is 13.0 Å². The molecule has 0 aliphatic rings. The molecule has 4 heteroatoms. The van der Waals surface area contributed by atoms with Crippen molar-refractivity contribution in [3.05, 3.63) is 64.0 Å². The van der Waals surface area contributed by atoms with Crippen LogP contribution in [-0.4, -0.2) is 5.11 Å². The number of aromatic hydroxyl groups is 1. The average Bonchev–Trinajstić information content (AvgIpc) is 2.55. The van der Waals surface area contributed by atoms with Gasteiger partial charge < -0.3 is 14.3 Å². The van der Waals surface area contributed by atoms with Gasteiger partial charge in [-0.05, 0) is 43.2 Å². The molecule has 0 saturated heterocycles. The summed E-state index contributed by atoms with van der Waals surface area (Å²) in [4.78, 5) is 12.5. The predicted octanol–water partition coefficient (Wildman–Crippen LogP) is 4.55. The van der Waals surface area contributed by atoms with Gasteiger partial charge in [0, 0.05) is 5.56 Å². The van der Waals surface area contributed by atoms with Crippen molar-refractivity contribution in [1.82, 2.24) is 0 Å². The van der Waals surface area contributed by atoms with Crippen LogP contribution in [0.25, 0.3) is 11.0 Å². The zero-order chi connectivity index (χ0) is 16.4. The predicted molar refractivity (Wildman–Crippen MR) is 89.4 cm³/mol. The van der Waals surface area contributed by atoms with Gasteiger partial charge in [0.05, 0.1) is 5.39 Å². The van der Waals surface area contributed by atoms with Crippen LogP contribution in [0.3, 0.4) is 0 Å². The van der Waals surface area contributed by atoms with Gasteiger partial charge in [0.2, 0.25) is 11.2 Å².